The van der Waals surface area contributed by atoms with Gasteiger partial charge in [0.05, 0.1) is 22.3 Å². The minimum atomic E-state index is -3.41. The maximum absolute atomic E-state index is 12.2. The van der Waals surface area contributed by atoms with Crippen LogP contribution in [0.5, 0.6) is 0 Å². The molecule has 0 aliphatic carbocycles. The molecular weight excluding hydrogens is 288 g/mol. The summed E-state index contributed by atoms with van der Waals surface area (Å²) in [5.41, 5.74) is 0.337. The molecule has 2 N–H and O–H groups in total. The number of nitrogens with zero attached hydrogens (tertiary/aromatic N) is 1. The number of benzene rings is 1. The normalized spacial score (nSPS) is 13.1. The molecule has 0 aliphatic rings. The topological polar surface area (TPSA) is 90.2 Å². The van der Waals surface area contributed by atoms with Gasteiger partial charge in [0, 0.05) is 19.2 Å². The van der Waals surface area contributed by atoms with Crippen molar-refractivity contribution in [1.29, 1.82) is 5.26 Å². The Morgan fingerprint density at radius 1 is 1.38 bits per heavy atom. The minimum absolute atomic E-state index is 0.0312. The number of hydrogen-bond donors (Lipinski definition) is 2. The van der Waals surface area contributed by atoms with Crippen molar-refractivity contribution in [3.8, 4) is 6.07 Å². The quantitative estimate of drug-likeness (QED) is 0.756. The van der Waals surface area contributed by atoms with Crippen LogP contribution in [0.2, 0.25) is 0 Å². The van der Waals surface area contributed by atoms with E-state index < -0.39 is 9.84 Å². The Balaban J connectivity index is 2.67. The van der Waals surface area contributed by atoms with Crippen molar-refractivity contribution < 1.29 is 13.5 Å². The van der Waals surface area contributed by atoms with Crippen molar-refractivity contribution in [2.24, 2.45) is 5.92 Å². The van der Waals surface area contributed by atoms with Crippen LogP contribution in [0, 0.1) is 17.2 Å². The third-order valence-corrected chi connectivity index (χ3v) is 5.06. The highest BCUT2D eigenvalue weighted by atomic mass is 32.2. The molecule has 0 bridgehead atoms. The molecule has 1 aromatic rings. The summed E-state index contributed by atoms with van der Waals surface area (Å²) in [6.07, 6.45) is 0.599. The van der Waals surface area contributed by atoms with Crippen LogP contribution in [0.1, 0.15) is 25.8 Å². The molecule has 5 nitrogen and oxygen atoms in total. The molecule has 0 aliphatic heterocycles. The lowest BCUT2D eigenvalue weighted by atomic mass is 10.0. The van der Waals surface area contributed by atoms with Gasteiger partial charge in [0.15, 0.2) is 9.84 Å². The molecule has 0 aromatic heterocycles. The first-order chi connectivity index (χ1) is 9.90. The Hall–Kier alpha value is -1.42. The number of hydrogen-bond acceptors (Lipinski definition) is 5. The largest absolute Gasteiger partial charge is 0.396 e. The standard InChI is InChI=1S/C15H22N2O3S/c1-12(2)15(6-8-18)17-7-9-21(19,20)14-5-3-4-13(10-14)11-16/h3-5,10,12,15,17-18H,6-9H2,1-2H3. The highest BCUT2D eigenvalue weighted by Crippen LogP contribution is 2.13. The zero-order valence-electron chi connectivity index (χ0n) is 12.4. The molecule has 21 heavy (non-hydrogen) atoms. The van der Waals surface area contributed by atoms with E-state index in [-0.39, 0.29) is 23.3 Å². The summed E-state index contributed by atoms with van der Waals surface area (Å²) in [6, 6.07) is 8.07. The van der Waals surface area contributed by atoms with Crippen molar-refractivity contribution in [2.45, 2.75) is 31.2 Å². The number of nitrogens with one attached hydrogen (secondary N) is 1. The van der Waals surface area contributed by atoms with Gasteiger partial charge in [-0.3, -0.25) is 0 Å². The lowest BCUT2D eigenvalue weighted by Crippen LogP contribution is -2.37. The van der Waals surface area contributed by atoms with Crippen molar-refractivity contribution >= 4 is 9.84 Å². The lowest BCUT2D eigenvalue weighted by Gasteiger charge is -2.21. The van der Waals surface area contributed by atoms with E-state index in [2.05, 4.69) is 5.32 Å². The molecule has 116 valence electrons. The van der Waals surface area contributed by atoms with Crippen LogP contribution in [-0.4, -0.2) is 38.5 Å². The summed E-state index contributed by atoms with van der Waals surface area (Å²) in [5, 5.41) is 21.0. The Morgan fingerprint density at radius 3 is 2.67 bits per heavy atom. The summed E-state index contributed by atoms with van der Waals surface area (Å²) < 4.78 is 24.4. The van der Waals surface area contributed by atoms with Crippen LogP contribution in [0.15, 0.2) is 29.2 Å². The fourth-order valence-electron chi connectivity index (χ4n) is 2.07. The second kappa shape index (κ2) is 8.13. The lowest BCUT2D eigenvalue weighted by molar-refractivity contribution is 0.246. The molecule has 0 amide bonds. The Kier molecular flexibility index (Phi) is 6.82. The maximum Gasteiger partial charge on any atom is 0.179 e. The zero-order valence-corrected chi connectivity index (χ0v) is 13.2. The van der Waals surface area contributed by atoms with Crippen LogP contribution >= 0.6 is 0 Å². The summed E-state index contributed by atoms with van der Waals surface area (Å²) in [6.45, 7) is 4.45. The summed E-state index contributed by atoms with van der Waals surface area (Å²) in [7, 11) is -3.41. The van der Waals surface area contributed by atoms with Gasteiger partial charge >= 0.3 is 0 Å². The number of aliphatic hydroxyl groups excluding tert-OH is 1. The van der Waals surface area contributed by atoms with E-state index >= 15 is 0 Å². The minimum Gasteiger partial charge on any atom is -0.396 e. The number of sulfone groups is 1. The second-order valence-electron chi connectivity index (χ2n) is 5.28. The van der Waals surface area contributed by atoms with Gasteiger partial charge in [-0.15, -0.1) is 0 Å². The number of rotatable bonds is 8. The SMILES string of the molecule is CC(C)C(CCO)NCCS(=O)(=O)c1cccc(C#N)c1. The Bertz CT molecular complexity index is 591. The average molecular weight is 310 g/mol. The van der Waals surface area contributed by atoms with Gasteiger partial charge in [0.1, 0.15) is 0 Å². The van der Waals surface area contributed by atoms with Gasteiger partial charge in [0.2, 0.25) is 0 Å². The fraction of sp³-hybridized carbons (Fsp3) is 0.533. The molecule has 0 saturated carbocycles. The van der Waals surface area contributed by atoms with Crippen molar-refractivity contribution in [2.75, 3.05) is 18.9 Å². The molecule has 1 unspecified atom stereocenters. The van der Waals surface area contributed by atoms with Crippen LogP contribution < -0.4 is 5.32 Å². The monoisotopic (exact) mass is 310 g/mol. The Labute approximate surface area is 126 Å². The van der Waals surface area contributed by atoms with Gasteiger partial charge in [-0.2, -0.15) is 5.26 Å². The van der Waals surface area contributed by atoms with E-state index in [1.807, 2.05) is 19.9 Å². The fourth-order valence-corrected chi connectivity index (χ4v) is 3.28. The first-order valence-electron chi connectivity index (χ1n) is 6.98. The van der Waals surface area contributed by atoms with E-state index in [0.717, 1.165) is 0 Å². The van der Waals surface area contributed by atoms with Gasteiger partial charge < -0.3 is 10.4 Å². The number of aliphatic hydroxyl groups is 1. The van der Waals surface area contributed by atoms with Crippen molar-refractivity contribution in [3.05, 3.63) is 29.8 Å². The third-order valence-electron chi connectivity index (χ3n) is 3.34. The van der Waals surface area contributed by atoms with E-state index in [0.29, 0.717) is 24.4 Å². The first-order valence-corrected chi connectivity index (χ1v) is 8.63. The number of nitriles is 1. The predicted octanol–water partition coefficient (Wildman–Crippen LogP) is 1.33. The van der Waals surface area contributed by atoms with Crippen LogP contribution in [-0.2, 0) is 9.84 Å². The van der Waals surface area contributed by atoms with Crippen molar-refractivity contribution in [3.63, 3.8) is 0 Å². The average Bonchev–Trinajstić information content (AvgIpc) is 2.46. The summed E-state index contributed by atoms with van der Waals surface area (Å²) >= 11 is 0. The van der Waals surface area contributed by atoms with Crippen LogP contribution in [0.25, 0.3) is 0 Å². The van der Waals surface area contributed by atoms with Gasteiger partial charge in [0.25, 0.3) is 0 Å². The molecule has 1 rings (SSSR count). The zero-order chi connectivity index (χ0) is 15.9. The Morgan fingerprint density at radius 2 is 2.10 bits per heavy atom. The summed E-state index contributed by atoms with van der Waals surface area (Å²) in [5.74, 6) is 0.290. The summed E-state index contributed by atoms with van der Waals surface area (Å²) in [4.78, 5) is 0.173. The van der Waals surface area contributed by atoms with Gasteiger partial charge in [-0.25, -0.2) is 8.42 Å². The molecule has 0 fully saturated rings. The molecule has 0 radical (unpaired) electrons. The molecular formula is C15H22N2O3S. The van der Waals surface area contributed by atoms with E-state index in [1.54, 1.807) is 12.1 Å². The van der Waals surface area contributed by atoms with Crippen molar-refractivity contribution in [1.82, 2.24) is 5.32 Å². The molecule has 1 aromatic carbocycles. The first kappa shape index (κ1) is 17.6. The second-order valence-corrected chi connectivity index (χ2v) is 7.38. The molecule has 0 spiro atoms. The van der Waals surface area contributed by atoms with Crippen LogP contribution in [0.4, 0.5) is 0 Å². The highest BCUT2D eigenvalue weighted by Gasteiger charge is 2.17. The van der Waals surface area contributed by atoms with Gasteiger partial charge in [-0.05, 0) is 30.5 Å². The van der Waals surface area contributed by atoms with Crippen LogP contribution in [0.3, 0.4) is 0 Å². The third kappa shape index (κ3) is 5.46. The molecule has 1 atom stereocenters. The van der Waals surface area contributed by atoms with Gasteiger partial charge in [-0.1, -0.05) is 19.9 Å². The van der Waals surface area contributed by atoms with E-state index in [9.17, 15) is 8.42 Å². The molecule has 6 heteroatoms. The smallest absolute Gasteiger partial charge is 0.179 e. The maximum atomic E-state index is 12.2. The predicted molar refractivity (Wildman–Crippen MR) is 81.5 cm³/mol. The molecule has 0 saturated heterocycles. The van der Waals surface area contributed by atoms with E-state index in [1.165, 1.54) is 12.1 Å². The molecule has 0 heterocycles. The highest BCUT2D eigenvalue weighted by molar-refractivity contribution is 7.91. The van der Waals surface area contributed by atoms with E-state index in [4.69, 9.17) is 10.4 Å².